The van der Waals surface area contributed by atoms with Crippen molar-refractivity contribution in [2.24, 2.45) is 0 Å². The van der Waals surface area contributed by atoms with Crippen LogP contribution < -0.4 is 5.32 Å². The number of rotatable bonds is 4. The number of hydrogen-bond acceptors (Lipinski definition) is 4. The Kier molecular flexibility index (Phi) is 6.32. The van der Waals surface area contributed by atoms with Crippen molar-refractivity contribution < 1.29 is 24.2 Å². The third-order valence-electron chi connectivity index (χ3n) is 4.49. The van der Waals surface area contributed by atoms with E-state index in [1.807, 2.05) is 25.0 Å². The summed E-state index contributed by atoms with van der Waals surface area (Å²) in [5, 5.41) is 21.8. The van der Waals surface area contributed by atoms with Crippen molar-refractivity contribution in [2.45, 2.75) is 19.9 Å². The number of phenolic OH excluding ortho intramolecular Hbond substituents is 1. The highest BCUT2D eigenvalue weighted by Gasteiger charge is 2.22. The van der Waals surface area contributed by atoms with Crippen molar-refractivity contribution in [1.82, 2.24) is 10.3 Å². The van der Waals surface area contributed by atoms with Gasteiger partial charge in [0.2, 0.25) is 0 Å². The highest BCUT2D eigenvalue weighted by molar-refractivity contribution is 5.93. The molecule has 0 radical (unpaired) electrons. The number of carboxylic acid groups (broad SMARTS) is 1. The van der Waals surface area contributed by atoms with Crippen molar-refractivity contribution in [1.29, 1.82) is 0 Å². The minimum absolute atomic E-state index is 0.0164. The lowest BCUT2D eigenvalue weighted by Crippen LogP contribution is -2.30. The maximum absolute atomic E-state index is 13.9. The number of carbonyl (C=O) groups is 2. The number of aliphatic carboxylic acids is 1. The lowest BCUT2D eigenvalue weighted by Gasteiger charge is -2.21. The van der Waals surface area contributed by atoms with Gasteiger partial charge in [-0.15, -0.1) is 0 Å². The summed E-state index contributed by atoms with van der Waals surface area (Å²) >= 11 is 0. The molecule has 1 aromatic heterocycles. The first-order valence-corrected chi connectivity index (χ1v) is 9.32. The van der Waals surface area contributed by atoms with E-state index in [0.717, 1.165) is 17.7 Å². The fourth-order valence-corrected chi connectivity index (χ4v) is 3.04. The Morgan fingerprint density at radius 2 is 1.77 bits per heavy atom. The van der Waals surface area contributed by atoms with Crippen LogP contribution in [0.4, 0.5) is 4.39 Å². The van der Waals surface area contributed by atoms with Gasteiger partial charge in [0.1, 0.15) is 17.3 Å². The van der Waals surface area contributed by atoms with Gasteiger partial charge >= 0.3 is 5.97 Å². The molecule has 0 fully saturated rings. The fraction of sp³-hybridized carbons (Fsp3) is 0.125. The molecule has 31 heavy (non-hydrogen) atoms. The zero-order valence-corrected chi connectivity index (χ0v) is 16.8. The van der Waals surface area contributed by atoms with Crippen molar-refractivity contribution in [3.8, 4) is 17.6 Å². The molecular formula is C24H19FN2O4. The smallest absolute Gasteiger partial charge is 0.382 e. The molecular weight excluding hydrogens is 399 g/mol. The van der Waals surface area contributed by atoms with Gasteiger partial charge in [-0.3, -0.25) is 4.79 Å². The van der Waals surface area contributed by atoms with Gasteiger partial charge in [-0.25, -0.2) is 14.2 Å². The second-order valence-electron chi connectivity index (χ2n) is 6.96. The number of aromatic hydroxyl groups is 1. The number of nitrogens with one attached hydrogen (secondary N) is 1. The van der Waals surface area contributed by atoms with Crippen LogP contribution >= 0.6 is 0 Å². The van der Waals surface area contributed by atoms with Crippen LogP contribution in [0.25, 0.3) is 0 Å². The fourth-order valence-electron chi connectivity index (χ4n) is 3.04. The van der Waals surface area contributed by atoms with E-state index in [1.54, 1.807) is 25.1 Å². The van der Waals surface area contributed by atoms with Gasteiger partial charge in [-0.05, 0) is 49.7 Å². The third kappa shape index (κ3) is 5.46. The van der Waals surface area contributed by atoms with E-state index in [0.29, 0.717) is 16.8 Å². The van der Waals surface area contributed by atoms with Gasteiger partial charge < -0.3 is 15.5 Å². The third-order valence-corrected chi connectivity index (χ3v) is 4.49. The van der Waals surface area contributed by atoms with Crippen LogP contribution in [0.5, 0.6) is 5.75 Å². The molecule has 1 unspecified atom stereocenters. The average molecular weight is 418 g/mol. The summed E-state index contributed by atoms with van der Waals surface area (Å²) in [5.74, 6) is 1.86. The monoisotopic (exact) mass is 418 g/mol. The van der Waals surface area contributed by atoms with Gasteiger partial charge in [0.15, 0.2) is 0 Å². The number of carboxylic acids is 1. The van der Waals surface area contributed by atoms with Gasteiger partial charge in [-0.2, -0.15) is 0 Å². The summed E-state index contributed by atoms with van der Waals surface area (Å²) in [6, 6.07) is 12.8. The van der Waals surface area contributed by atoms with E-state index >= 15 is 0 Å². The van der Waals surface area contributed by atoms with E-state index in [9.17, 15) is 19.1 Å². The number of aryl methyl sites for hydroxylation is 2. The number of aromatic nitrogens is 1. The molecule has 1 atom stereocenters. The zero-order valence-electron chi connectivity index (χ0n) is 16.8. The van der Waals surface area contributed by atoms with E-state index in [1.165, 1.54) is 12.1 Å². The second-order valence-corrected chi connectivity index (χ2v) is 6.96. The summed E-state index contributed by atoms with van der Waals surface area (Å²) in [6.45, 7) is 3.56. The summed E-state index contributed by atoms with van der Waals surface area (Å²) in [6.07, 6.45) is 0. The topological polar surface area (TPSA) is 99.5 Å². The first kappa shape index (κ1) is 21.5. The number of hydrogen-bond donors (Lipinski definition) is 3. The predicted molar refractivity (Wildman–Crippen MR) is 112 cm³/mol. The molecule has 3 N–H and O–H groups in total. The molecule has 1 amide bonds. The van der Waals surface area contributed by atoms with E-state index < -0.39 is 23.7 Å². The maximum atomic E-state index is 13.9. The highest BCUT2D eigenvalue weighted by Crippen LogP contribution is 2.30. The molecule has 0 saturated carbocycles. The number of amides is 1. The first-order chi connectivity index (χ1) is 14.7. The molecule has 0 aliphatic heterocycles. The van der Waals surface area contributed by atoms with E-state index in [2.05, 4.69) is 16.2 Å². The molecule has 0 aliphatic rings. The zero-order chi connectivity index (χ0) is 22.5. The van der Waals surface area contributed by atoms with Crippen molar-refractivity contribution in [3.05, 3.63) is 94.1 Å². The number of phenols is 1. The average Bonchev–Trinajstić information content (AvgIpc) is 2.72. The molecule has 0 aliphatic carbocycles. The normalized spacial score (nSPS) is 11.2. The van der Waals surface area contributed by atoms with Crippen LogP contribution in [0.15, 0.2) is 54.6 Å². The molecule has 1 heterocycles. The van der Waals surface area contributed by atoms with Crippen LogP contribution in [0.3, 0.4) is 0 Å². The lowest BCUT2D eigenvalue weighted by molar-refractivity contribution is -0.130. The molecule has 3 rings (SSSR count). The van der Waals surface area contributed by atoms with Gasteiger partial charge in [0.05, 0.1) is 6.04 Å². The number of halogens is 1. The van der Waals surface area contributed by atoms with Crippen LogP contribution in [-0.2, 0) is 4.79 Å². The standard InChI is InChI=1S/C24H19FN2O4/c1-14-3-6-17(7-4-14)23(19-13-18(25)8-9-21(19)28)27-24(31)20-12-16(5-10-22(29)30)11-15(2)26-20/h3-4,6-9,11-13,23,28H,1-2H3,(H,27,31)(H,29,30). The van der Waals surface area contributed by atoms with Crippen LogP contribution in [0.1, 0.15) is 44.5 Å². The van der Waals surface area contributed by atoms with Gasteiger partial charge in [0.25, 0.3) is 5.91 Å². The minimum atomic E-state index is -1.29. The summed E-state index contributed by atoms with van der Waals surface area (Å²) in [5.41, 5.74) is 2.64. The van der Waals surface area contributed by atoms with E-state index in [4.69, 9.17) is 5.11 Å². The number of pyridine rings is 1. The van der Waals surface area contributed by atoms with Crippen LogP contribution in [0, 0.1) is 31.5 Å². The first-order valence-electron chi connectivity index (χ1n) is 9.32. The Balaban J connectivity index is 2.01. The molecule has 7 heteroatoms. The Morgan fingerprint density at radius 1 is 1.06 bits per heavy atom. The molecule has 156 valence electrons. The quantitative estimate of drug-likeness (QED) is 0.563. The molecule has 2 aromatic carbocycles. The molecule has 3 aromatic rings. The van der Waals surface area contributed by atoms with Crippen molar-refractivity contribution in [3.63, 3.8) is 0 Å². The van der Waals surface area contributed by atoms with Crippen LogP contribution in [-0.4, -0.2) is 27.1 Å². The largest absolute Gasteiger partial charge is 0.508 e. The van der Waals surface area contributed by atoms with E-state index in [-0.39, 0.29) is 17.0 Å². The minimum Gasteiger partial charge on any atom is -0.508 e. The molecule has 0 saturated heterocycles. The second kappa shape index (κ2) is 9.09. The van der Waals surface area contributed by atoms with Crippen molar-refractivity contribution >= 4 is 11.9 Å². The Bertz CT molecular complexity index is 1210. The molecule has 6 nitrogen and oxygen atoms in total. The summed E-state index contributed by atoms with van der Waals surface area (Å²) in [4.78, 5) is 27.9. The van der Waals surface area contributed by atoms with Gasteiger partial charge in [0, 0.05) is 22.7 Å². The Hall–Kier alpha value is -4.18. The summed E-state index contributed by atoms with van der Waals surface area (Å²) in [7, 11) is 0. The molecule has 0 bridgehead atoms. The molecule has 0 spiro atoms. The number of carbonyl (C=O) groups excluding carboxylic acids is 1. The Labute approximate surface area is 178 Å². The SMILES string of the molecule is Cc1ccc(C(NC(=O)c2cc(C#CC(=O)O)cc(C)n2)c2cc(F)ccc2O)cc1. The number of benzene rings is 2. The predicted octanol–water partition coefficient (Wildman–Crippen LogP) is 3.50. The lowest BCUT2D eigenvalue weighted by atomic mass is 9.96. The number of nitrogens with zero attached hydrogens (tertiary/aromatic N) is 1. The van der Waals surface area contributed by atoms with Crippen molar-refractivity contribution in [2.75, 3.05) is 0 Å². The van der Waals surface area contributed by atoms with Crippen LogP contribution in [0.2, 0.25) is 0 Å². The summed E-state index contributed by atoms with van der Waals surface area (Å²) < 4.78 is 13.9. The Morgan fingerprint density at radius 3 is 2.45 bits per heavy atom. The van der Waals surface area contributed by atoms with Gasteiger partial charge in [-0.1, -0.05) is 35.7 Å². The highest BCUT2D eigenvalue weighted by atomic mass is 19.1. The maximum Gasteiger partial charge on any atom is 0.382 e.